The molecule has 0 aromatic heterocycles. The van der Waals surface area contributed by atoms with Crippen molar-refractivity contribution in [2.75, 3.05) is 7.11 Å². The van der Waals surface area contributed by atoms with Gasteiger partial charge in [0, 0.05) is 4.47 Å². The van der Waals surface area contributed by atoms with Crippen molar-refractivity contribution < 1.29 is 19.1 Å². The van der Waals surface area contributed by atoms with Crippen LogP contribution < -0.4 is 4.74 Å². The molecule has 86 valence electrons. The Bertz CT molecular complexity index is 403. The van der Waals surface area contributed by atoms with Crippen LogP contribution in [0.3, 0.4) is 0 Å². The SMILES string of the molecule is COC(=O)C(C)Oc1cccc(Br)c1C=O. The van der Waals surface area contributed by atoms with Crippen molar-refractivity contribution >= 4 is 28.2 Å². The van der Waals surface area contributed by atoms with E-state index in [1.807, 2.05) is 0 Å². The zero-order valence-corrected chi connectivity index (χ0v) is 10.5. The smallest absolute Gasteiger partial charge is 0.346 e. The first-order valence-corrected chi connectivity index (χ1v) is 5.37. The van der Waals surface area contributed by atoms with E-state index >= 15 is 0 Å². The predicted octanol–water partition coefficient (Wildman–Crippen LogP) is 2.20. The van der Waals surface area contributed by atoms with Crippen LogP contribution in [0.5, 0.6) is 5.75 Å². The molecule has 0 saturated heterocycles. The highest BCUT2D eigenvalue weighted by atomic mass is 79.9. The summed E-state index contributed by atoms with van der Waals surface area (Å²) in [5.74, 6) is -0.140. The minimum absolute atomic E-state index is 0.349. The molecule has 0 saturated carbocycles. The third-order valence-corrected chi connectivity index (χ3v) is 2.66. The van der Waals surface area contributed by atoms with Crippen molar-refractivity contribution in [2.45, 2.75) is 13.0 Å². The third kappa shape index (κ3) is 2.82. The van der Waals surface area contributed by atoms with Crippen LogP contribution in [0.2, 0.25) is 0 Å². The Balaban J connectivity index is 2.93. The molecule has 1 aromatic rings. The number of carbonyl (C=O) groups is 2. The van der Waals surface area contributed by atoms with Gasteiger partial charge in [-0.15, -0.1) is 0 Å². The molecule has 0 N–H and O–H groups in total. The zero-order valence-electron chi connectivity index (χ0n) is 8.90. The van der Waals surface area contributed by atoms with Gasteiger partial charge in [-0.05, 0) is 35.0 Å². The summed E-state index contributed by atoms with van der Waals surface area (Å²) in [7, 11) is 1.28. The Morgan fingerprint density at radius 3 is 2.75 bits per heavy atom. The van der Waals surface area contributed by atoms with Gasteiger partial charge in [0.05, 0.1) is 12.7 Å². The summed E-state index contributed by atoms with van der Waals surface area (Å²) in [5, 5.41) is 0. The van der Waals surface area contributed by atoms with Crippen molar-refractivity contribution in [1.82, 2.24) is 0 Å². The average Bonchev–Trinajstić information content (AvgIpc) is 2.28. The lowest BCUT2D eigenvalue weighted by atomic mass is 10.2. The highest BCUT2D eigenvalue weighted by Crippen LogP contribution is 2.25. The molecule has 1 rings (SSSR count). The van der Waals surface area contributed by atoms with Gasteiger partial charge in [0.25, 0.3) is 0 Å². The van der Waals surface area contributed by atoms with E-state index in [2.05, 4.69) is 20.7 Å². The molecule has 4 nitrogen and oxygen atoms in total. The van der Waals surface area contributed by atoms with E-state index in [1.54, 1.807) is 25.1 Å². The number of esters is 1. The van der Waals surface area contributed by atoms with E-state index in [-0.39, 0.29) is 0 Å². The fraction of sp³-hybridized carbons (Fsp3) is 0.273. The Hall–Kier alpha value is -1.36. The minimum Gasteiger partial charge on any atom is -0.478 e. The van der Waals surface area contributed by atoms with Crippen LogP contribution >= 0.6 is 15.9 Å². The molecule has 0 heterocycles. The largest absolute Gasteiger partial charge is 0.478 e. The van der Waals surface area contributed by atoms with Gasteiger partial charge in [-0.25, -0.2) is 4.79 Å². The Morgan fingerprint density at radius 1 is 1.50 bits per heavy atom. The van der Waals surface area contributed by atoms with Crippen LogP contribution in [-0.2, 0) is 9.53 Å². The number of methoxy groups -OCH3 is 1. The molecule has 1 atom stereocenters. The Morgan fingerprint density at radius 2 is 2.19 bits per heavy atom. The van der Waals surface area contributed by atoms with Crippen LogP contribution in [-0.4, -0.2) is 25.5 Å². The molecule has 0 fully saturated rings. The molecule has 1 aromatic carbocycles. The number of hydrogen-bond donors (Lipinski definition) is 0. The number of benzene rings is 1. The summed E-state index contributed by atoms with van der Waals surface area (Å²) in [5.41, 5.74) is 0.373. The van der Waals surface area contributed by atoms with Gasteiger partial charge in [0.15, 0.2) is 12.4 Å². The van der Waals surface area contributed by atoms with Gasteiger partial charge >= 0.3 is 5.97 Å². The maximum atomic E-state index is 11.2. The lowest BCUT2D eigenvalue weighted by Gasteiger charge is -2.14. The summed E-state index contributed by atoms with van der Waals surface area (Å²) in [6.45, 7) is 1.56. The van der Waals surface area contributed by atoms with Crippen LogP contribution in [0.1, 0.15) is 17.3 Å². The molecular formula is C11H11BrO4. The van der Waals surface area contributed by atoms with Crippen molar-refractivity contribution in [1.29, 1.82) is 0 Å². The summed E-state index contributed by atoms with van der Waals surface area (Å²) in [4.78, 5) is 22.0. The molecule has 0 aliphatic rings. The summed E-state index contributed by atoms with van der Waals surface area (Å²) in [6, 6.07) is 5.06. The van der Waals surface area contributed by atoms with Crippen LogP contribution in [0, 0.1) is 0 Å². The normalized spacial score (nSPS) is 11.7. The van der Waals surface area contributed by atoms with Crippen molar-refractivity contribution in [3.8, 4) is 5.75 Å². The number of rotatable bonds is 4. The standard InChI is InChI=1S/C11H11BrO4/c1-7(11(14)15-2)16-10-5-3-4-9(12)8(10)6-13/h3-7H,1-2H3. The second-order valence-corrected chi connectivity index (χ2v) is 3.91. The van der Waals surface area contributed by atoms with Crippen molar-refractivity contribution in [3.05, 3.63) is 28.2 Å². The number of carbonyl (C=O) groups excluding carboxylic acids is 2. The fourth-order valence-corrected chi connectivity index (χ4v) is 1.58. The highest BCUT2D eigenvalue weighted by Gasteiger charge is 2.17. The molecule has 16 heavy (non-hydrogen) atoms. The fourth-order valence-electron chi connectivity index (χ4n) is 1.14. The summed E-state index contributed by atoms with van der Waals surface area (Å²) < 4.78 is 10.5. The number of ether oxygens (including phenoxy) is 2. The van der Waals surface area contributed by atoms with Gasteiger partial charge in [-0.3, -0.25) is 4.79 Å². The van der Waals surface area contributed by atoms with E-state index < -0.39 is 12.1 Å². The summed E-state index contributed by atoms with van der Waals surface area (Å²) in [6.07, 6.45) is -0.0818. The Kier molecular flexibility index (Phi) is 4.49. The molecule has 1 unspecified atom stereocenters. The molecule has 5 heteroatoms. The molecule has 0 aliphatic carbocycles. The second-order valence-electron chi connectivity index (χ2n) is 3.05. The number of hydrogen-bond acceptors (Lipinski definition) is 4. The zero-order chi connectivity index (χ0) is 12.1. The van der Waals surface area contributed by atoms with Gasteiger partial charge < -0.3 is 9.47 Å². The second kappa shape index (κ2) is 5.65. The van der Waals surface area contributed by atoms with E-state index in [4.69, 9.17) is 4.74 Å². The third-order valence-electron chi connectivity index (χ3n) is 1.97. The van der Waals surface area contributed by atoms with Crippen LogP contribution in [0.25, 0.3) is 0 Å². The average molecular weight is 287 g/mol. The maximum absolute atomic E-state index is 11.2. The molecule has 0 radical (unpaired) electrons. The van der Waals surface area contributed by atoms with Gasteiger partial charge in [0.1, 0.15) is 5.75 Å². The lowest BCUT2D eigenvalue weighted by Crippen LogP contribution is -2.25. The van der Waals surface area contributed by atoms with Gasteiger partial charge in [0.2, 0.25) is 0 Å². The first kappa shape index (κ1) is 12.7. The summed E-state index contributed by atoms with van der Waals surface area (Å²) >= 11 is 3.22. The first-order chi connectivity index (χ1) is 7.60. The number of halogens is 1. The quantitative estimate of drug-likeness (QED) is 0.629. The van der Waals surface area contributed by atoms with Crippen LogP contribution in [0.15, 0.2) is 22.7 Å². The van der Waals surface area contributed by atoms with Crippen molar-refractivity contribution in [2.24, 2.45) is 0 Å². The number of aldehydes is 1. The topological polar surface area (TPSA) is 52.6 Å². The maximum Gasteiger partial charge on any atom is 0.346 e. The molecule has 0 bridgehead atoms. The van der Waals surface area contributed by atoms with Crippen LogP contribution in [0.4, 0.5) is 0 Å². The lowest BCUT2D eigenvalue weighted by molar-refractivity contribution is -0.147. The van der Waals surface area contributed by atoms with Gasteiger partial charge in [-0.2, -0.15) is 0 Å². The Labute approximate surface area is 102 Å². The highest BCUT2D eigenvalue weighted by molar-refractivity contribution is 9.10. The minimum atomic E-state index is -0.752. The van der Waals surface area contributed by atoms with E-state index in [0.717, 1.165) is 0 Å². The predicted molar refractivity (Wildman–Crippen MR) is 61.6 cm³/mol. The molecule has 0 aliphatic heterocycles. The molecular weight excluding hydrogens is 276 g/mol. The van der Waals surface area contributed by atoms with E-state index in [1.165, 1.54) is 7.11 Å². The molecule has 0 amide bonds. The van der Waals surface area contributed by atoms with Gasteiger partial charge in [-0.1, -0.05) is 6.07 Å². The first-order valence-electron chi connectivity index (χ1n) is 4.58. The molecule has 0 spiro atoms. The van der Waals surface area contributed by atoms with Crippen molar-refractivity contribution in [3.63, 3.8) is 0 Å². The van der Waals surface area contributed by atoms with E-state index in [0.29, 0.717) is 22.1 Å². The monoisotopic (exact) mass is 286 g/mol. The van der Waals surface area contributed by atoms with E-state index in [9.17, 15) is 9.59 Å².